The molecular formula is C41H65NO5. The van der Waals surface area contributed by atoms with E-state index in [0.29, 0.717) is 41.5 Å². The zero-order chi connectivity index (χ0) is 34.5. The number of amides is 1. The highest BCUT2D eigenvalue weighted by molar-refractivity contribution is 5.81. The van der Waals surface area contributed by atoms with Crippen LogP contribution in [0.15, 0.2) is 12.2 Å². The molecule has 0 aromatic heterocycles. The number of hydrogen-bond acceptors (Lipinski definition) is 4. The Labute approximate surface area is 285 Å². The Bertz CT molecular complexity index is 1310. The third-order valence-electron chi connectivity index (χ3n) is 16.6. The standard InChI is InChI=1S/C41H65NO5/c1-25(2)27-15-20-41(23-32(43)42(10)26-11-12-26)22-21-39(8)28(34(27)41)13-14-30-38(7)18-17-31(47-33(44)24-36(3,4)35(45)46)37(5,6)29(38)16-19-40(30,39)9/h26-31,34H,1,11-24H2,2-10H3,(H,45,46)/t27-,28+,29-,30+,31-,34+,38-,39+,40+,41+/m0/s1. The normalized spacial score (nSPS) is 43.9. The van der Waals surface area contributed by atoms with Crippen LogP contribution in [0.2, 0.25) is 0 Å². The van der Waals surface area contributed by atoms with Crippen LogP contribution in [0.1, 0.15) is 145 Å². The van der Waals surface area contributed by atoms with Gasteiger partial charge in [-0.15, -0.1) is 0 Å². The molecule has 6 nitrogen and oxygen atoms in total. The number of carboxylic acid groups (broad SMARTS) is 1. The van der Waals surface area contributed by atoms with Gasteiger partial charge in [0.1, 0.15) is 6.10 Å². The molecule has 6 rings (SSSR count). The molecule has 1 N–H and O–H groups in total. The summed E-state index contributed by atoms with van der Waals surface area (Å²) in [7, 11) is 2.04. The maximum absolute atomic E-state index is 13.7. The van der Waals surface area contributed by atoms with E-state index in [1.165, 1.54) is 44.1 Å². The van der Waals surface area contributed by atoms with Gasteiger partial charge in [0.25, 0.3) is 0 Å². The maximum Gasteiger partial charge on any atom is 0.309 e. The number of hydrogen-bond donors (Lipinski definition) is 1. The molecule has 0 radical (unpaired) electrons. The predicted molar refractivity (Wildman–Crippen MR) is 185 cm³/mol. The number of carboxylic acids is 1. The Hall–Kier alpha value is -1.85. The van der Waals surface area contributed by atoms with Crippen LogP contribution in [0, 0.1) is 62.1 Å². The number of esters is 1. The second-order valence-corrected chi connectivity index (χ2v) is 19.7. The number of aliphatic carboxylic acids is 1. The van der Waals surface area contributed by atoms with E-state index >= 15 is 0 Å². The van der Waals surface area contributed by atoms with Crippen molar-refractivity contribution < 1.29 is 24.2 Å². The molecule has 6 heteroatoms. The largest absolute Gasteiger partial charge is 0.481 e. The fraction of sp³-hybridized carbons (Fsp3) is 0.878. The molecule has 6 saturated carbocycles. The molecule has 0 aliphatic heterocycles. The monoisotopic (exact) mass is 651 g/mol. The number of rotatable bonds is 8. The molecule has 0 aromatic carbocycles. The fourth-order valence-corrected chi connectivity index (χ4v) is 13.5. The SMILES string of the molecule is C=C(C)[C@@H]1CC[C@]2(CC(=O)N(C)C3CC3)CC[C@]3(C)[C@H](CC[C@@H]4[C@@]5(C)CC[C@H](OC(=O)CC(C)(C)C(=O)O)C(C)(C)[C@@H]5CC[C@]43C)[C@@H]12. The third-order valence-corrected chi connectivity index (χ3v) is 16.6. The van der Waals surface area contributed by atoms with Crippen molar-refractivity contribution in [1.29, 1.82) is 0 Å². The third kappa shape index (κ3) is 5.26. The van der Waals surface area contributed by atoms with Crippen molar-refractivity contribution in [3.05, 3.63) is 12.2 Å². The van der Waals surface area contributed by atoms with Crippen LogP contribution in [-0.2, 0) is 19.1 Å². The van der Waals surface area contributed by atoms with Gasteiger partial charge in [-0.05, 0) is 149 Å². The minimum atomic E-state index is -1.13. The predicted octanol–water partition coefficient (Wildman–Crippen LogP) is 9.07. The van der Waals surface area contributed by atoms with Crippen molar-refractivity contribution in [3.63, 3.8) is 0 Å². The summed E-state index contributed by atoms with van der Waals surface area (Å²) >= 11 is 0. The lowest BCUT2D eigenvalue weighted by molar-refractivity contribution is -0.250. The van der Waals surface area contributed by atoms with E-state index in [9.17, 15) is 19.5 Å². The van der Waals surface area contributed by atoms with Gasteiger partial charge in [-0.3, -0.25) is 14.4 Å². The van der Waals surface area contributed by atoms with Gasteiger partial charge in [0.15, 0.2) is 0 Å². The van der Waals surface area contributed by atoms with Gasteiger partial charge in [0.2, 0.25) is 5.91 Å². The molecule has 0 unspecified atom stereocenters. The van der Waals surface area contributed by atoms with E-state index in [1.54, 1.807) is 13.8 Å². The summed E-state index contributed by atoms with van der Waals surface area (Å²) < 4.78 is 6.17. The topological polar surface area (TPSA) is 83.9 Å². The van der Waals surface area contributed by atoms with Crippen LogP contribution in [0.5, 0.6) is 0 Å². The Kier molecular flexibility index (Phi) is 8.44. The molecule has 0 heterocycles. The first kappa shape index (κ1) is 35.0. The van der Waals surface area contributed by atoms with Gasteiger partial charge in [-0.1, -0.05) is 46.8 Å². The molecule has 0 spiro atoms. The number of allylic oxidation sites excluding steroid dienone is 1. The number of nitrogens with zero attached hydrogens (tertiary/aromatic N) is 1. The minimum Gasteiger partial charge on any atom is -0.481 e. The van der Waals surface area contributed by atoms with Gasteiger partial charge in [0.05, 0.1) is 11.8 Å². The number of carbonyl (C=O) groups excluding carboxylic acids is 2. The van der Waals surface area contributed by atoms with Crippen molar-refractivity contribution in [2.45, 2.75) is 157 Å². The van der Waals surface area contributed by atoms with E-state index in [1.807, 2.05) is 7.05 Å². The lowest BCUT2D eigenvalue weighted by Crippen LogP contribution is -2.67. The quantitative estimate of drug-likeness (QED) is 0.209. The molecule has 0 bridgehead atoms. The Morgan fingerprint density at radius 3 is 2.15 bits per heavy atom. The Balaban J connectivity index is 1.25. The van der Waals surface area contributed by atoms with Crippen molar-refractivity contribution in [2.75, 3.05) is 7.05 Å². The van der Waals surface area contributed by atoms with Crippen LogP contribution in [0.25, 0.3) is 0 Å². The molecule has 6 aliphatic rings. The maximum atomic E-state index is 13.7. The van der Waals surface area contributed by atoms with Crippen molar-refractivity contribution >= 4 is 17.8 Å². The van der Waals surface area contributed by atoms with Crippen molar-refractivity contribution in [2.24, 2.45) is 62.1 Å². The lowest BCUT2D eigenvalue weighted by atomic mass is 9.32. The molecule has 0 aromatic rings. The Morgan fingerprint density at radius 1 is 0.851 bits per heavy atom. The van der Waals surface area contributed by atoms with E-state index < -0.39 is 11.4 Å². The van der Waals surface area contributed by atoms with Crippen LogP contribution in [-0.4, -0.2) is 47.0 Å². The summed E-state index contributed by atoms with van der Waals surface area (Å²) in [6, 6.07) is 0.467. The van der Waals surface area contributed by atoms with E-state index in [4.69, 9.17) is 4.74 Å². The molecule has 264 valence electrons. The number of ether oxygens (including phenoxy) is 1. The molecule has 6 aliphatic carbocycles. The summed E-state index contributed by atoms with van der Waals surface area (Å²) in [5.41, 5.74) is 0.722. The molecule has 6 fully saturated rings. The zero-order valence-corrected chi connectivity index (χ0v) is 31.2. The number of carbonyl (C=O) groups is 3. The average molecular weight is 652 g/mol. The fourth-order valence-electron chi connectivity index (χ4n) is 13.5. The molecular weight excluding hydrogens is 586 g/mol. The molecule has 47 heavy (non-hydrogen) atoms. The minimum absolute atomic E-state index is 0.104. The summed E-state index contributed by atoms with van der Waals surface area (Å²) in [5.74, 6) is 1.75. The summed E-state index contributed by atoms with van der Waals surface area (Å²) in [5, 5.41) is 9.58. The summed E-state index contributed by atoms with van der Waals surface area (Å²) in [6.45, 7) is 22.5. The van der Waals surface area contributed by atoms with Crippen molar-refractivity contribution in [3.8, 4) is 0 Å². The van der Waals surface area contributed by atoms with Crippen LogP contribution in [0.3, 0.4) is 0 Å². The van der Waals surface area contributed by atoms with Crippen LogP contribution < -0.4 is 0 Å². The number of fused-ring (bicyclic) bond motifs is 7. The Morgan fingerprint density at radius 2 is 1.53 bits per heavy atom. The van der Waals surface area contributed by atoms with Crippen LogP contribution in [0.4, 0.5) is 0 Å². The van der Waals surface area contributed by atoms with E-state index in [2.05, 4.69) is 53.0 Å². The molecule has 1 amide bonds. The van der Waals surface area contributed by atoms with Crippen molar-refractivity contribution in [1.82, 2.24) is 4.90 Å². The summed E-state index contributed by atoms with van der Waals surface area (Å²) in [4.78, 5) is 40.6. The average Bonchev–Trinajstić information content (AvgIpc) is 3.75. The second-order valence-electron chi connectivity index (χ2n) is 19.7. The van der Waals surface area contributed by atoms with Gasteiger partial charge in [-0.2, -0.15) is 0 Å². The molecule has 0 saturated heterocycles. The van der Waals surface area contributed by atoms with Gasteiger partial charge < -0.3 is 14.7 Å². The van der Waals surface area contributed by atoms with Gasteiger partial charge in [0, 0.05) is 24.9 Å². The highest BCUT2D eigenvalue weighted by Gasteiger charge is 2.71. The highest BCUT2D eigenvalue weighted by Crippen LogP contribution is 2.78. The van der Waals surface area contributed by atoms with Crippen LogP contribution >= 0.6 is 0 Å². The molecule has 10 atom stereocenters. The van der Waals surface area contributed by atoms with E-state index in [0.717, 1.165) is 44.9 Å². The van der Waals surface area contributed by atoms with Gasteiger partial charge >= 0.3 is 11.9 Å². The lowest BCUT2D eigenvalue weighted by Gasteiger charge is -2.73. The van der Waals surface area contributed by atoms with E-state index in [-0.39, 0.29) is 45.6 Å². The summed E-state index contributed by atoms with van der Waals surface area (Å²) in [6.07, 6.45) is 14.2. The first-order valence-electron chi connectivity index (χ1n) is 19.1. The zero-order valence-electron chi connectivity index (χ0n) is 31.2. The smallest absolute Gasteiger partial charge is 0.309 e. The van der Waals surface area contributed by atoms with Gasteiger partial charge in [-0.25, -0.2) is 0 Å². The second kappa shape index (κ2) is 11.3. The first-order chi connectivity index (χ1) is 21.7. The highest BCUT2D eigenvalue weighted by atomic mass is 16.5. The first-order valence-corrected chi connectivity index (χ1v) is 19.1.